The van der Waals surface area contributed by atoms with Crippen molar-refractivity contribution in [2.75, 3.05) is 23.1 Å². The minimum Gasteiger partial charge on any atom is -0.496 e. The van der Waals surface area contributed by atoms with Gasteiger partial charge < -0.3 is 20.7 Å². The third kappa shape index (κ3) is 6.66. The van der Waals surface area contributed by atoms with Crippen molar-refractivity contribution in [3.8, 4) is 5.75 Å². The van der Waals surface area contributed by atoms with Crippen LogP contribution in [0, 0.1) is 17.0 Å². The van der Waals surface area contributed by atoms with Gasteiger partial charge in [0.05, 0.1) is 17.7 Å². The number of Topliss-reactive ketones (excluding diaryl/α,β-unsaturated/α-hetero) is 1. The van der Waals surface area contributed by atoms with Crippen molar-refractivity contribution in [2.24, 2.45) is 0 Å². The molecule has 3 aromatic rings. The van der Waals surface area contributed by atoms with Gasteiger partial charge in [-0.3, -0.25) is 19.7 Å². The quantitative estimate of drug-likeness (QED) is 0.210. The third-order valence-electron chi connectivity index (χ3n) is 5.41. The fourth-order valence-corrected chi connectivity index (χ4v) is 3.57. The van der Waals surface area contributed by atoms with Crippen molar-refractivity contribution in [1.82, 2.24) is 0 Å². The molecular weight excluding hydrogens is 464 g/mol. The van der Waals surface area contributed by atoms with Gasteiger partial charge in [0.2, 0.25) is 5.91 Å². The van der Waals surface area contributed by atoms with Crippen LogP contribution in [0.5, 0.6) is 5.75 Å². The Balaban J connectivity index is 1.64. The number of ketones is 1. The summed E-state index contributed by atoms with van der Waals surface area (Å²) in [5, 5.41) is 18.9. The molecule has 0 fully saturated rings. The van der Waals surface area contributed by atoms with Crippen LogP contribution in [-0.2, 0) is 11.2 Å². The van der Waals surface area contributed by atoms with Crippen LogP contribution in [0.4, 0.5) is 27.5 Å². The van der Waals surface area contributed by atoms with E-state index in [-0.39, 0.29) is 23.8 Å². The number of hydrogen-bond acceptors (Lipinski definition) is 6. The van der Waals surface area contributed by atoms with E-state index >= 15 is 0 Å². The monoisotopic (exact) mass is 490 g/mol. The van der Waals surface area contributed by atoms with Crippen molar-refractivity contribution in [3.05, 3.63) is 87.5 Å². The molecule has 0 aliphatic carbocycles. The van der Waals surface area contributed by atoms with Crippen LogP contribution in [0.2, 0.25) is 0 Å². The standard InChI is InChI=1S/C26H26N4O6/c1-16-14-23(21(17(2)31)15-24(16)36-3)28-25(32)13-8-18-6-4-5-7-22(18)29-26(33)27-19-9-11-20(12-10-19)30(34)35/h4-7,9-12,14-15H,8,13H2,1-3H3,(H,28,32)(H2,27,29,33). The van der Waals surface area contributed by atoms with Crippen LogP contribution in [0.3, 0.4) is 0 Å². The van der Waals surface area contributed by atoms with Gasteiger partial charge in [-0.2, -0.15) is 0 Å². The molecular formula is C26H26N4O6. The molecule has 3 N–H and O–H groups in total. The summed E-state index contributed by atoms with van der Waals surface area (Å²) in [4.78, 5) is 47.4. The molecule has 36 heavy (non-hydrogen) atoms. The number of methoxy groups -OCH3 is 1. The average molecular weight is 491 g/mol. The summed E-state index contributed by atoms with van der Waals surface area (Å²) in [6.07, 6.45) is 0.454. The predicted octanol–water partition coefficient (Wildman–Crippen LogP) is 5.33. The van der Waals surface area contributed by atoms with Crippen LogP contribution in [0.25, 0.3) is 0 Å². The number of nitrogens with zero attached hydrogens (tertiary/aromatic N) is 1. The number of nitro groups is 1. The summed E-state index contributed by atoms with van der Waals surface area (Å²) in [6, 6.07) is 15.3. The first kappa shape index (κ1) is 25.9. The molecule has 0 aliphatic heterocycles. The van der Waals surface area contributed by atoms with Gasteiger partial charge in [0.15, 0.2) is 5.78 Å². The zero-order valence-electron chi connectivity index (χ0n) is 20.1. The van der Waals surface area contributed by atoms with Crippen molar-refractivity contribution in [1.29, 1.82) is 0 Å². The Kier molecular flexibility index (Phi) is 8.35. The van der Waals surface area contributed by atoms with Crippen molar-refractivity contribution >= 4 is 40.5 Å². The number of non-ortho nitro benzene ring substituents is 1. The molecule has 0 spiro atoms. The van der Waals surface area contributed by atoms with E-state index in [0.29, 0.717) is 34.8 Å². The number of urea groups is 1. The van der Waals surface area contributed by atoms with E-state index in [4.69, 9.17) is 4.74 Å². The second-order valence-corrected chi connectivity index (χ2v) is 8.01. The van der Waals surface area contributed by atoms with Crippen LogP contribution in [0.1, 0.15) is 34.8 Å². The van der Waals surface area contributed by atoms with Crippen molar-refractivity contribution in [3.63, 3.8) is 0 Å². The smallest absolute Gasteiger partial charge is 0.323 e. The Hall–Kier alpha value is -4.73. The van der Waals surface area contributed by atoms with Gasteiger partial charge in [0, 0.05) is 35.5 Å². The SMILES string of the molecule is COc1cc(C(C)=O)c(NC(=O)CCc2ccccc2NC(=O)Nc2ccc([N+](=O)[O-])cc2)cc1C. The normalized spacial score (nSPS) is 10.3. The van der Waals surface area contributed by atoms with Gasteiger partial charge in [-0.1, -0.05) is 18.2 Å². The number of anilines is 3. The van der Waals surface area contributed by atoms with E-state index < -0.39 is 11.0 Å². The van der Waals surface area contributed by atoms with Gasteiger partial charge in [-0.25, -0.2) is 4.79 Å². The molecule has 186 valence electrons. The lowest BCUT2D eigenvalue weighted by Gasteiger charge is -2.14. The molecule has 0 saturated carbocycles. The topological polar surface area (TPSA) is 140 Å². The van der Waals surface area contributed by atoms with Gasteiger partial charge in [0.1, 0.15) is 5.75 Å². The molecule has 3 amide bonds. The number of aryl methyl sites for hydroxylation is 2. The minimum absolute atomic E-state index is 0.0789. The Morgan fingerprint density at radius 2 is 1.64 bits per heavy atom. The maximum absolute atomic E-state index is 12.7. The van der Waals surface area contributed by atoms with Crippen LogP contribution in [0.15, 0.2) is 60.7 Å². The molecule has 10 heteroatoms. The molecule has 0 heterocycles. The maximum Gasteiger partial charge on any atom is 0.323 e. The molecule has 3 aromatic carbocycles. The number of hydrogen-bond donors (Lipinski definition) is 3. The van der Waals surface area contributed by atoms with Crippen LogP contribution >= 0.6 is 0 Å². The molecule has 0 bridgehead atoms. The van der Waals surface area contributed by atoms with Crippen LogP contribution in [-0.4, -0.2) is 29.8 Å². The van der Waals surface area contributed by atoms with Gasteiger partial charge in [-0.15, -0.1) is 0 Å². The predicted molar refractivity (Wildman–Crippen MR) is 137 cm³/mol. The molecule has 0 radical (unpaired) electrons. The van der Waals surface area contributed by atoms with E-state index in [9.17, 15) is 24.5 Å². The summed E-state index contributed by atoms with van der Waals surface area (Å²) < 4.78 is 5.27. The van der Waals surface area contributed by atoms with Crippen molar-refractivity contribution < 1.29 is 24.0 Å². The first-order chi connectivity index (χ1) is 17.2. The molecule has 0 aliphatic rings. The number of carbonyl (C=O) groups excluding carboxylic acids is 3. The van der Waals surface area contributed by atoms with Crippen LogP contribution < -0.4 is 20.7 Å². The molecule has 0 aromatic heterocycles. The lowest BCUT2D eigenvalue weighted by molar-refractivity contribution is -0.384. The summed E-state index contributed by atoms with van der Waals surface area (Å²) in [7, 11) is 1.52. The van der Waals surface area contributed by atoms with Gasteiger partial charge in [0.25, 0.3) is 5.69 Å². The largest absolute Gasteiger partial charge is 0.496 e. The molecule has 0 unspecified atom stereocenters. The summed E-state index contributed by atoms with van der Waals surface area (Å²) in [6.45, 7) is 3.24. The van der Waals surface area contributed by atoms with E-state index in [0.717, 1.165) is 11.1 Å². The summed E-state index contributed by atoms with van der Waals surface area (Å²) >= 11 is 0. The Bertz CT molecular complexity index is 1300. The van der Waals surface area contributed by atoms with E-state index in [2.05, 4.69) is 16.0 Å². The molecule has 0 saturated heterocycles. The summed E-state index contributed by atoms with van der Waals surface area (Å²) in [5.41, 5.74) is 3.14. The average Bonchev–Trinajstić information content (AvgIpc) is 2.83. The lowest BCUT2D eigenvalue weighted by Crippen LogP contribution is -2.20. The first-order valence-corrected chi connectivity index (χ1v) is 11.1. The second kappa shape index (κ2) is 11.6. The van der Waals surface area contributed by atoms with E-state index in [1.54, 1.807) is 36.4 Å². The fourth-order valence-electron chi connectivity index (χ4n) is 3.57. The van der Waals surface area contributed by atoms with Crippen molar-refractivity contribution in [2.45, 2.75) is 26.7 Å². The zero-order valence-corrected chi connectivity index (χ0v) is 20.1. The molecule has 3 rings (SSSR count). The number of para-hydroxylation sites is 1. The Morgan fingerprint density at radius 1 is 0.944 bits per heavy atom. The Morgan fingerprint density at radius 3 is 2.28 bits per heavy atom. The highest BCUT2D eigenvalue weighted by molar-refractivity contribution is 6.04. The zero-order chi connectivity index (χ0) is 26.2. The molecule has 0 atom stereocenters. The Labute approximate surface area is 207 Å². The number of benzene rings is 3. The first-order valence-electron chi connectivity index (χ1n) is 11.1. The summed E-state index contributed by atoms with van der Waals surface area (Å²) in [5.74, 6) is 0.0783. The number of rotatable bonds is 9. The number of carbonyl (C=O) groups is 3. The minimum atomic E-state index is -0.527. The highest BCUT2D eigenvalue weighted by atomic mass is 16.6. The van der Waals surface area contributed by atoms with E-state index in [1.807, 2.05) is 6.92 Å². The highest BCUT2D eigenvalue weighted by Crippen LogP contribution is 2.27. The fraction of sp³-hybridized carbons (Fsp3) is 0.192. The van der Waals surface area contributed by atoms with Gasteiger partial charge in [-0.05, 0) is 61.7 Å². The third-order valence-corrected chi connectivity index (χ3v) is 5.41. The number of ether oxygens (including phenoxy) is 1. The van der Waals surface area contributed by atoms with Gasteiger partial charge >= 0.3 is 6.03 Å². The number of amides is 3. The highest BCUT2D eigenvalue weighted by Gasteiger charge is 2.15. The maximum atomic E-state index is 12.7. The number of nitro benzene ring substituents is 1. The molecule has 10 nitrogen and oxygen atoms in total. The van der Waals surface area contributed by atoms with E-state index in [1.165, 1.54) is 38.3 Å². The number of nitrogens with one attached hydrogen (secondary N) is 3. The second-order valence-electron chi connectivity index (χ2n) is 8.01. The lowest BCUT2D eigenvalue weighted by atomic mass is 10.0.